The molecule has 0 aliphatic carbocycles. The number of benzene rings is 3. The summed E-state index contributed by atoms with van der Waals surface area (Å²) in [6.45, 7) is 3.13. The van der Waals surface area contributed by atoms with Gasteiger partial charge in [-0.05, 0) is 63.8 Å². The second-order valence-corrected chi connectivity index (χ2v) is 7.41. The summed E-state index contributed by atoms with van der Waals surface area (Å²) in [5.74, 6) is 1.39. The Morgan fingerprint density at radius 3 is 2.52 bits per heavy atom. The van der Waals surface area contributed by atoms with Crippen LogP contribution in [0.25, 0.3) is 0 Å². The first-order valence-corrected chi connectivity index (χ1v) is 9.77. The fourth-order valence-corrected chi connectivity index (χ4v) is 3.52. The molecule has 0 aromatic heterocycles. The number of rotatable bonds is 7. The van der Waals surface area contributed by atoms with Crippen LogP contribution in [0.4, 0.5) is 5.69 Å². The zero-order valence-corrected chi connectivity index (χ0v) is 17.6. The molecule has 0 spiro atoms. The van der Waals surface area contributed by atoms with E-state index in [1.54, 1.807) is 7.11 Å². The van der Waals surface area contributed by atoms with Gasteiger partial charge in [0.2, 0.25) is 0 Å². The van der Waals surface area contributed by atoms with Crippen LogP contribution in [0.15, 0.2) is 65.1 Å². The summed E-state index contributed by atoms with van der Waals surface area (Å²) in [6, 6.07) is 19.9. The molecule has 140 valence electrons. The van der Waals surface area contributed by atoms with Gasteiger partial charge in [0.1, 0.15) is 6.61 Å². The van der Waals surface area contributed by atoms with Gasteiger partial charge in [0, 0.05) is 17.3 Å². The lowest BCUT2D eigenvalue weighted by molar-refractivity contribution is 0.282. The van der Waals surface area contributed by atoms with Gasteiger partial charge < -0.3 is 14.8 Å². The Bertz CT molecular complexity index is 916. The Hall–Kier alpha value is -2.17. The smallest absolute Gasteiger partial charge is 0.175 e. The highest BCUT2D eigenvalue weighted by atomic mass is 79.9. The first-order valence-electron chi connectivity index (χ1n) is 8.60. The zero-order valence-electron chi connectivity index (χ0n) is 15.3. The Balaban J connectivity index is 1.74. The predicted octanol–water partition coefficient (Wildman–Crippen LogP) is 6.61. The van der Waals surface area contributed by atoms with Gasteiger partial charge in [0.25, 0.3) is 0 Å². The number of anilines is 1. The van der Waals surface area contributed by atoms with Crippen molar-refractivity contribution in [2.45, 2.75) is 20.1 Å². The van der Waals surface area contributed by atoms with Gasteiger partial charge in [-0.2, -0.15) is 0 Å². The van der Waals surface area contributed by atoms with Crippen molar-refractivity contribution in [2.75, 3.05) is 12.4 Å². The Labute approximate surface area is 173 Å². The van der Waals surface area contributed by atoms with Crippen LogP contribution in [0.3, 0.4) is 0 Å². The standard InChI is InChI=1S/C22H21BrClNO2/c1-15-19(24)9-6-10-20(15)25-13-17-11-18(23)22(21(12-17)26-2)27-14-16-7-4-3-5-8-16/h3-12,25H,13-14H2,1-2H3. The van der Waals surface area contributed by atoms with Gasteiger partial charge in [0.05, 0.1) is 11.6 Å². The zero-order chi connectivity index (χ0) is 19.2. The average Bonchev–Trinajstić information content (AvgIpc) is 2.68. The minimum atomic E-state index is 0.481. The molecule has 0 saturated carbocycles. The van der Waals surface area contributed by atoms with Gasteiger partial charge in [-0.1, -0.05) is 48.0 Å². The van der Waals surface area contributed by atoms with E-state index in [0.717, 1.165) is 31.9 Å². The Morgan fingerprint density at radius 2 is 1.78 bits per heavy atom. The molecule has 1 N–H and O–H groups in total. The molecule has 0 saturated heterocycles. The highest BCUT2D eigenvalue weighted by molar-refractivity contribution is 9.10. The van der Waals surface area contributed by atoms with Crippen molar-refractivity contribution >= 4 is 33.2 Å². The number of hydrogen-bond acceptors (Lipinski definition) is 3. The SMILES string of the molecule is COc1cc(CNc2cccc(Cl)c2C)cc(Br)c1OCc1ccccc1. The number of halogens is 2. The largest absolute Gasteiger partial charge is 0.493 e. The lowest BCUT2D eigenvalue weighted by Crippen LogP contribution is -2.03. The molecule has 3 aromatic carbocycles. The highest BCUT2D eigenvalue weighted by Crippen LogP contribution is 2.37. The maximum atomic E-state index is 6.19. The van der Waals surface area contributed by atoms with E-state index in [0.29, 0.717) is 24.7 Å². The molecule has 0 aliphatic heterocycles. The molecule has 0 radical (unpaired) electrons. The molecule has 3 rings (SSSR count). The van der Waals surface area contributed by atoms with Gasteiger partial charge >= 0.3 is 0 Å². The molecular weight excluding hydrogens is 426 g/mol. The lowest BCUT2D eigenvalue weighted by Gasteiger charge is -2.16. The molecule has 3 nitrogen and oxygen atoms in total. The molecule has 3 aromatic rings. The summed E-state index contributed by atoms with van der Waals surface area (Å²) in [5.41, 5.74) is 4.23. The molecule has 0 aliphatic rings. The van der Waals surface area contributed by atoms with Crippen molar-refractivity contribution in [2.24, 2.45) is 0 Å². The average molecular weight is 447 g/mol. The van der Waals surface area contributed by atoms with Crippen LogP contribution < -0.4 is 14.8 Å². The molecule has 0 atom stereocenters. The fourth-order valence-electron chi connectivity index (χ4n) is 2.74. The minimum Gasteiger partial charge on any atom is -0.493 e. The number of nitrogens with one attached hydrogen (secondary N) is 1. The number of hydrogen-bond donors (Lipinski definition) is 1. The molecular formula is C22H21BrClNO2. The second kappa shape index (κ2) is 9.16. The third-order valence-corrected chi connectivity index (χ3v) is 5.26. The normalized spacial score (nSPS) is 10.5. The number of methoxy groups -OCH3 is 1. The second-order valence-electron chi connectivity index (χ2n) is 6.15. The molecule has 0 fully saturated rings. The molecule has 5 heteroatoms. The van der Waals surface area contributed by atoms with Crippen molar-refractivity contribution in [3.8, 4) is 11.5 Å². The monoisotopic (exact) mass is 445 g/mol. The summed E-state index contributed by atoms with van der Waals surface area (Å²) >= 11 is 9.80. The molecule has 0 bridgehead atoms. The predicted molar refractivity (Wildman–Crippen MR) is 115 cm³/mol. The highest BCUT2D eigenvalue weighted by Gasteiger charge is 2.12. The van der Waals surface area contributed by atoms with Crippen LogP contribution in [-0.4, -0.2) is 7.11 Å². The minimum absolute atomic E-state index is 0.481. The third kappa shape index (κ3) is 4.96. The van der Waals surface area contributed by atoms with E-state index in [2.05, 4.69) is 21.2 Å². The van der Waals surface area contributed by atoms with E-state index < -0.39 is 0 Å². The topological polar surface area (TPSA) is 30.5 Å². The summed E-state index contributed by atoms with van der Waals surface area (Å²) in [4.78, 5) is 0. The maximum Gasteiger partial charge on any atom is 0.175 e. The summed E-state index contributed by atoms with van der Waals surface area (Å²) in [7, 11) is 1.65. The van der Waals surface area contributed by atoms with Crippen molar-refractivity contribution in [1.82, 2.24) is 0 Å². The van der Waals surface area contributed by atoms with Crippen LogP contribution in [0.5, 0.6) is 11.5 Å². The van der Waals surface area contributed by atoms with E-state index in [1.807, 2.05) is 67.6 Å². The fraction of sp³-hybridized carbons (Fsp3) is 0.182. The first-order chi connectivity index (χ1) is 13.1. The van der Waals surface area contributed by atoms with Crippen molar-refractivity contribution < 1.29 is 9.47 Å². The van der Waals surface area contributed by atoms with E-state index in [1.165, 1.54) is 0 Å². The maximum absolute atomic E-state index is 6.19. The van der Waals surface area contributed by atoms with E-state index >= 15 is 0 Å². The van der Waals surface area contributed by atoms with Crippen molar-refractivity contribution in [1.29, 1.82) is 0 Å². The Kier molecular flexibility index (Phi) is 6.64. The van der Waals surface area contributed by atoms with Crippen molar-refractivity contribution in [3.63, 3.8) is 0 Å². The summed E-state index contributed by atoms with van der Waals surface area (Å²) in [5, 5.41) is 4.18. The molecule has 0 heterocycles. The summed E-state index contributed by atoms with van der Waals surface area (Å²) < 4.78 is 12.4. The van der Waals surface area contributed by atoms with Crippen LogP contribution in [0, 0.1) is 6.92 Å². The van der Waals surface area contributed by atoms with Gasteiger partial charge in [-0.3, -0.25) is 0 Å². The third-order valence-electron chi connectivity index (χ3n) is 4.27. The molecule has 27 heavy (non-hydrogen) atoms. The van der Waals surface area contributed by atoms with Gasteiger partial charge in [-0.15, -0.1) is 0 Å². The van der Waals surface area contributed by atoms with Crippen LogP contribution >= 0.6 is 27.5 Å². The first kappa shape index (κ1) is 19.6. The van der Waals surface area contributed by atoms with E-state index in [4.69, 9.17) is 21.1 Å². The van der Waals surface area contributed by atoms with Crippen LogP contribution in [-0.2, 0) is 13.2 Å². The number of ether oxygens (including phenoxy) is 2. The lowest BCUT2D eigenvalue weighted by atomic mass is 10.1. The van der Waals surface area contributed by atoms with Gasteiger partial charge in [-0.25, -0.2) is 0 Å². The van der Waals surface area contributed by atoms with Crippen LogP contribution in [0.1, 0.15) is 16.7 Å². The summed E-state index contributed by atoms with van der Waals surface area (Å²) in [6.07, 6.45) is 0. The quantitative estimate of drug-likeness (QED) is 0.443. The molecule has 0 amide bonds. The van der Waals surface area contributed by atoms with Gasteiger partial charge in [0.15, 0.2) is 11.5 Å². The van der Waals surface area contributed by atoms with E-state index in [-0.39, 0.29) is 0 Å². The van der Waals surface area contributed by atoms with E-state index in [9.17, 15) is 0 Å². The van der Waals surface area contributed by atoms with Crippen molar-refractivity contribution in [3.05, 3.63) is 86.8 Å². The Morgan fingerprint density at radius 1 is 1.00 bits per heavy atom. The molecule has 0 unspecified atom stereocenters. The van der Waals surface area contributed by atoms with Crippen LogP contribution in [0.2, 0.25) is 5.02 Å².